The molecule has 0 N–H and O–H groups in total. The van der Waals surface area contributed by atoms with Gasteiger partial charge in [0.1, 0.15) is 6.79 Å². The lowest BCUT2D eigenvalue weighted by Gasteiger charge is -2.05. The smallest absolute Gasteiger partial charge is 0.146 e. The van der Waals surface area contributed by atoms with Crippen molar-refractivity contribution in [2.24, 2.45) is 0 Å². The molecule has 120 valence electrons. The van der Waals surface area contributed by atoms with Gasteiger partial charge in [-0.3, -0.25) is 0 Å². The van der Waals surface area contributed by atoms with Gasteiger partial charge in [-0.2, -0.15) is 0 Å². The van der Waals surface area contributed by atoms with Gasteiger partial charge >= 0.3 is 0 Å². The third-order valence-electron chi connectivity index (χ3n) is 3.18. The summed E-state index contributed by atoms with van der Waals surface area (Å²) in [4.78, 5) is 0. The minimum atomic E-state index is 0.447. The first-order valence-corrected chi connectivity index (χ1v) is 9.40. The minimum absolute atomic E-state index is 0.447. The molecule has 0 rings (SSSR count). The van der Waals surface area contributed by atoms with Crippen LogP contribution in [0.4, 0.5) is 0 Å². The summed E-state index contributed by atoms with van der Waals surface area (Å²) in [6.45, 7) is 4.31. The Kier molecular flexibility index (Phi) is 19.3. The van der Waals surface area contributed by atoms with E-state index in [2.05, 4.69) is 35.0 Å². The van der Waals surface area contributed by atoms with Gasteiger partial charge in [0.05, 0.1) is 6.61 Å². The van der Waals surface area contributed by atoms with Crippen molar-refractivity contribution in [1.29, 1.82) is 0 Å². The molecule has 2 nitrogen and oxygen atoms in total. The summed E-state index contributed by atoms with van der Waals surface area (Å²) >= 11 is 3.39. The zero-order valence-corrected chi connectivity index (χ0v) is 14.8. The second-order valence-corrected chi connectivity index (χ2v) is 5.94. The van der Waals surface area contributed by atoms with Crippen LogP contribution in [0.2, 0.25) is 0 Å². The van der Waals surface area contributed by atoms with Gasteiger partial charge in [-0.1, -0.05) is 80.0 Å². The molecule has 0 saturated carbocycles. The highest BCUT2D eigenvalue weighted by molar-refractivity contribution is 9.09. The van der Waals surface area contributed by atoms with Crippen LogP contribution in [0.15, 0.2) is 12.2 Å². The number of unbranched alkanes of at least 4 members (excludes halogenated alkanes) is 7. The summed E-state index contributed by atoms with van der Waals surface area (Å²) in [5.41, 5.74) is 0. The molecule has 0 heterocycles. The Morgan fingerprint density at radius 1 is 0.750 bits per heavy atom. The second-order valence-electron chi connectivity index (χ2n) is 5.15. The minimum Gasteiger partial charge on any atom is -0.355 e. The fourth-order valence-corrected chi connectivity index (χ4v) is 2.23. The van der Waals surface area contributed by atoms with Crippen molar-refractivity contribution in [2.75, 3.05) is 25.3 Å². The fraction of sp³-hybridized carbons (Fsp3) is 0.882. The molecular weight excluding hydrogens is 316 g/mol. The molecule has 0 atom stereocenters. The van der Waals surface area contributed by atoms with Gasteiger partial charge in [0.15, 0.2) is 0 Å². The molecule has 0 amide bonds. The third kappa shape index (κ3) is 18.1. The van der Waals surface area contributed by atoms with E-state index in [4.69, 9.17) is 9.47 Å². The number of ether oxygens (including phenoxy) is 2. The van der Waals surface area contributed by atoms with Crippen LogP contribution in [0.3, 0.4) is 0 Å². The molecule has 0 aromatic heterocycles. The Morgan fingerprint density at radius 2 is 1.35 bits per heavy atom. The van der Waals surface area contributed by atoms with Gasteiger partial charge < -0.3 is 9.47 Å². The Labute approximate surface area is 134 Å². The average Bonchev–Trinajstić information content (AvgIpc) is 2.47. The van der Waals surface area contributed by atoms with Crippen LogP contribution in [0.5, 0.6) is 0 Å². The van der Waals surface area contributed by atoms with Crippen LogP contribution in [0.25, 0.3) is 0 Å². The van der Waals surface area contributed by atoms with Gasteiger partial charge in [-0.25, -0.2) is 0 Å². The van der Waals surface area contributed by atoms with E-state index in [1.807, 2.05) is 0 Å². The van der Waals surface area contributed by atoms with Crippen molar-refractivity contribution >= 4 is 15.9 Å². The summed E-state index contributed by atoms with van der Waals surface area (Å²) in [7, 11) is 0. The summed E-state index contributed by atoms with van der Waals surface area (Å²) in [5.74, 6) is 0. The number of hydrogen-bond donors (Lipinski definition) is 0. The second kappa shape index (κ2) is 19.1. The highest BCUT2D eigenvalue weighted by Crippen LogP contribution is 2.08. The van der Waals surface area contributed by atoms with E-state index in [0.717, 1.165) is 31.4 Å². The Bertz CT molecular complexity index is 195. The van der Waals surface area contributed by atoms with Crippen molar-refractivity contribution < 1.29 is 9.47 Å². The van der Waals surface area contributed by atoms with E-state index in [1.54, 1.807) is 0 Å². The first-order chi connectivity index (χ1) is 9.91. The van der Waals surface area contributed by atoms with Crippen molar-refractivity contribution in [3.63, 3.8) is 0 Å². The number of allylic oxidation sites excluding steroid dienone is 1. The molecule has 0 fully saturated rings. The zero-order chi connectivity index (χ0) is 14.7. The topological polar surface area (TPSA) is 18.5 Å². The first-order valence-electron chi connectivity index (χ1n) is 8.28. The van der Waals surface area contributed by atoms with E-state index in [9.17, 15) is 0 Å². The molecule has 0 saturated heterocycles. The summed E-state index contributed by atoms with van der Waals surface area (Å²) in [6, 6.07) is 0. The molecule has 0 aliphatic heterocycles. The first kappa shape index (κ1) is 20.1. The number of rotatable bonds is 16. The Balaban J connectivity index is 2.96. The standard InChI is InChI=1S/C17H33BrO2/c1-2-3-4-5-6-7-9-12-15-19-17-20-16-13-10-8-11-14-18/h8,10H,2-7,9,11-17H2,1H3/b10-8+. The molecule has 0 aromatic rings. The maximum absolute atomic E-state index is 5.45. The van der Waals surface area contributed by atoms with E-state index in [1.165, 1.54) is 51.4 Å². The summed E-state index contributed by atoms with van der Waals surface area (Å²) in [6.07, 6.45) is 17.2. The lowest BCUT2D eigenvalue weighted by Crippen LogP contribution is -2.02. The lowest BCUT2D eigenvalue weighted by atomic mass is 10.1. The summed E-state index contributed by atoms with van der Waals surface area (Å²) < 4.78 is 10.9. The Hall–Kier alpha value is 0.140. The third-order valence-corrected chi connectivity index (χ3v) is 3.64. The van der Waals surface area contributed by atoms with E-state index in [-0.39, 0.29) is 0 Å². The molecule has 20 heavy (non-hydrogen) atoms. The predicted octanol–water partition coefficient (Wildman–Crippen LogP) is 5.85. The highest BCUT2D eigenvalue weighted by Gasteiger charge is 1.92. The van der Waals surface area contributed by atoms with Crippen LogP contribution < -0.4 is 0 Å². The quantitative estimate of drug-likeness (QED) is 0.151. The molecule has 0 unspecified atom stereocenters. The molecule has 0 bridgehead atoms. The Morgan fingerprint density at radius 3 is 2.05 bits per heavy atom. The van der Waals surface area contributed by atoms with Crippen molar-refractivity contribution in [2.45, 2.75) is 71.1 Å². The van der Waals surface area contributed by atoms with E-state index < -0.39 is 0 Å². The van der Waals surface area contributed by atoms with Gasteiger partial charge in [0, 0.05) is 11.9 Å². The molecule has 3 heteroatoms. The van der Waals surface area contributed by atoms with Crippen LogP contribution in [0, 0.1) is 0 Å². The van der Waals surface area contributed by atoms with Crippen LogP contribution in [-0.4, -0.2) is 25.3 Å². The zero-order valence-electron chi connectivity index (χ0n) is 13.2. The van der Waals surface area contributed by atoms with Gasteiger partial charge in [-0.15, -0.1) is 0 Å². The van der Waals surface area contributed by atoms with E-state index >= 15 is 0 Å². The number of halogens is 1. The maximum atomic E-state index is 5.45. The molecule has 0 radical (unpaired) electrons. The SMILES string of the molecule is CCCCCCCCCCOCOCC/C=C/CCBr. The maximum Gasteiger partial charge on any atom is 0.146 e. The molecular formula is C17H33BrO2. The lowest BCUT2D eigenvalue weighted by molar-refractivity contribution is -0.0531. The van der Waals surface area contributed by atoms with Crippen LogP contribution in [-0.2, 0) is 9.47 Å². The molecule has 0 aromatic carbocycles. The number of alkyl halides is 1. The number of hydrogen-bond acceptors (Lipinski definition) is 2. The monoisotopic (exact) mass is 348 g/mol. The van der Waals surface area contributed by atoms with Crippen molar-refractivity contribution in [3.05, 3.63) is 12.2 Å². The van der Waals surface area contributed by atoms with Crippen molar-refractivity contribution in [1.82, 2.24) is 0 Å². The highest BCUT2D eigenvalue weighted by atomic mass is 79.9. The van der Waals surface area contributed by atoms with Crippen LogP contribution >= 0.6 is 15.9 Å². The normalized spacial score (nSPS) is 11.5. The predicted molar refractivity (Wildman–Crippen MR) is 91.5 cm³/mol. The molecule has 0 aliphatic carbocycles. The molecule has 0 aliphatic rings. The van der Waals surface area contributed by atoms with Crippen molar-refractivity contribution in [3.8, 4) is 0 Å². The van der Waals surface area contributed by atoms with Crippen LogP contribution in [0.1, 0.15) is 71.1 Å². The largest absolute Gasteiger partial charge is 0.355 e. The van der Waals surface area contributed by atoms with E-state index in [0.29, 0.717) is 6.79 Å². The van der Waals surface area contributed by atoms with Gasteiger partial charge in [0.2, 0.25) is 0 Å². The fourth-order valence-electron chi connectivity index (χ4n) is 1.96. The molecule has 0 spiro atoms. The van der Waals surface area contributed by atoms with Gasteiger partial charge in [0.25, 0.3) is 0 Å². The van der Waals surface area contributed by atoms with Gasteiger partial charge in [-0.05, 0) is 19.3 Å². The summed E-state index contributed by atoms with van der Waals surface area (Å²) in [5, 5.41) is 1.03. The average molecular weight is 349 g/mol.